The molecule has 0 spiro atoms. The minimum absolute atomic E-state index is 0.0817. The lowest BCUT2D eigenvalue weighted by molar-refractivity contribution is -0.159. The molecule has 1 N–H and O–H groups in total. The van der Waals surface area contributed by atoms with E-state index in [1.807, 2.05) is 44.2 Å². The third kappa shape index (κ3) is 3.34. The second-order valence-corrected chi connectivity index (χ2v) is 8.25. The van der Waals surface area contributed by atoms with Crippen LogP contribution in [0.4, 0.5) is 5.69 Å². The summed E-state index contributed by atoms with van der Waals surface area (Å²) in [5.41, 5.74) is 2.63. The Bertz CT molecular complexity index is 887. The number of nitrogens with one attached hydrogen (secondary N) is 1. The van der Waals surface area contributed by atoms with Gasteiger partial charge in [0.25, 0.3) is 5.91 Å². The van der Waals surface area contributed by atoms with E-state index >= 15 is 0 Å². The zero-order chi connectivity index (χ0) is 20.9. The van der Waals surface area contributed by atoms with Crippen LogP contribution in [0.5, 0.6) is 0 Å². The molecule has 2 aliphatic carbocycles. The van der Waals surface area contributed by atoms with Crippen molar-refractivity contribution in [1.82, 2.24) is 4.90 Å². The first-order valence-electron chi connectivity index (χ1n) is 9.86. The summed E-state index contributed by atoms with van der Waals surface area (Å²) in [7, 11) is 0. The molecule has 4 rings (SSSR count). The summed E-state index contributed by atoms with van der Waals surface area (Å²) < 4.78 is 5.09. The molecular weight excluding hydrogens is 372 g/mol. The predicted molar refractivity (Wildman–Crippen MR) is 105 cm³/mol. The lowest BCUT2D eigenvalue weighted by Crippen LogP contribution is -2.45. The highest BCUT2D eigenvalue weighted by Crippen LogP contribution is 2.52. The molecule has 2 bridgehead atoms. The summed E-state index contributed by atoms with van der Waals surface area (Å²) in [6, 6.07) is 4.57. The van der Waals surface area contributed by atoms with Gasteiger partial charge in [0.1, 0.15) is 6.04 Å². The average Bonchev–Trinajstić information content (AvgIpc) is 3.32. The molecule has 1 saturated heterocycles. The smallest absolute Gasteiger partial charge is 0.329 e. The number of imide groups is 1. The number of esters is 1. The van der Waals surface area contributed by atoms with Crippen LogP contribution in [0.1, 0.15) is 24.5 Å². The van der Waals surface area contributed by atoms with Gasteiger partial charge in [-0.1, -0.05) is 18.2 Å². The normalized spacial score (nSPS) is 27.9. The number of benzene rings is 1. The van der Waals surface area contributed by atoms with Gasteiger partial charge in [0, 0.05) is 5.69 Å². The quantitative estimate of drug-likeness (QED) is 0.467. The van der Waals surface area contributed by atoms with Crippen molar-refractivity contribution in [3.8, 4) is 0 Å². The number of hydrogen-bond donors (Lipinski definition) is 1. The fourth-order valence-electron chi connectivity index (χ4n) is 4.91. The van der Waals surface area contributed by atoms with E-state index in [0.717, 1.165) is 22.4 Å². The highest BCUT2D eigenvalue weighted by molar-refractivity contribution is 6.09. The molecule has 0 radical (unpaired) electrons. The fraction of sp³-hybridized carbons (Fsp3) is 0.455. The van der Waals surface area contributed by atoms with Crippen LogP contribution in [-0.4, -0.2) is 41.2 Å². The fourth-order valence-corrected chi connectivity index (χ4v) is 4.91. The van der Waals surface area contributed by atoms with Crippen LogP contribution in [0.25, 0.3) is 0 Å². The Labute approximate surface area is 169 Å². The van der Waals surface area contributed by atoms with E-state index in [2.05, 4.69) is 5.32 Å². The summed E-state index contributed by atoms with van der Waals surface area (Å²) in [5.74, 6) is -2.41. The number of fused-ring (bicyclic) bond motifs is 5. The summed E-state index contributed by atoms with van der Waals surface area (Å²) in [4.78, 5) is 51.1. The standard InChI is InChI=1S/C22H24N2O5/c1-11-6-12(2)8-16(7-11)23-17(25)10-29-22(28)13(3)24-20(26)18-14-4-5-15(9-14)19(18)21(24)27/h4-8,13-15,18-19H,9-10H2,1-3H3,(H,23,25)/t13-,14-,15-,18-,19-/m0/s1. The molecule has 1 aromatic carbocycles. The molecule has 1 aromatic rings. The number of nitrogens with zero attached hydrogens (tertiary/aromatic N) is 1. The zero-order valence-corrected chi connectivity index (χ0v) is 16.7. The predicted octanol–water partition coefficient (Wildman–Crippen LogP) is 1.98. The van der Waals surface area contributed by atoms with Crippen LogP contribution in [0.3, 0.4) is 0 Å². The highest BCUT2D eigenvalue weighted by Gasteiger charge is 2.60. The van der Waals surface area contributed by atoms with Crippen molar-refractivity contribution in [2.75, 3.05) is 11.9 Å². The SMILES string of the molecule is Cc1cc(C)cc(NC(=O)COC(=O)[C@H](C)N2C(=O)[C@@H]3[C@@H](C2=O)[C@H]2C=C[C@H]3C2)c1. The molecule has 152 valence electrons. The molecule has 2 fully saturated rings. The van der Waals surface area contributed by atoms with Gasteiger partial charge in [-0.2, -0.15) is 0 Å². The van der Waals surface area contributed by atoms with Gasteiger partial charge in [-0.25, -0.2) is 4.79 Å². The van der Waals surface area contributed by atoms with Crippen LogP contribution in [0.15, 0.2) is 30.4 Å². The van der Waals surface area contributed by atoms with Crippen LogP contribution in [-0.2, 0) is 23.9 Å². The molecule has 7 nitrogen and oxygen atoms in total. The molecule has 0 unspecified atom stereocenters. The number of anilines is 1. The number of likely N-dealkylation sites (tertiary alicyclic amines) is 1. The molecule has 1 heterocycles. The van der Waals surface area contributed by atoms with Crippen LogP contribution in [0.2, 0.25) is 0 Å². The number of aryl methyl sites for hydroxylation is 2. The number of rotatable bonds is 5. The number of hydrogen-bond acceptors (Lipinski definition) is 5. The third-order valence-electron chi connectivity index (χ3n) is 6.08. The van der Waals surface area contributed by atoms with Gasteiger partial charge in [-0.3, -0.25) is 19.3 Å². The van der Waals surface area contributed by atoms with Gasteiger partial charge in [-0.15, -0.1) is 0 Å². The van der Waals surface area contributed by atoms with Crippen LogP contribution in [0, 0.1) is 37.5 Å². The Morgan fingerprint density at radius 2 is 1.62 bits per heavy atom. The monoisotopic (exact) mass is 396 g/mol. The van der Waals surface area contributed by atoms with E-state index < -0.39 is 24.5 Å². The minimum atomic E-state index is -1.05. The Balaban J connectivity index is 1.35. The third-order valence-corrected chi connectivity index (χ3v) is 6.08. The molecule has 1 aliphatic heterocycles. The number of allylic oxidation sites excluding steroid dienone is 2. The van der Waals surface area contributed by atoms with Gasteiger partial charge in [-0.05, 0) is 62.3 Å². The molecule has 29 heavy (non-hydrogen) atoms. The highest BCUT2D eigenvalue weighted by atomic mass is 16.5. The van der Waals surface area contributed by atoms with E-state index in [1.54, 1.807) is 0 Å². The lowest BCUT2D eigenvalue weighted by Gasteiger charge is -2.23. The second kappa shape index (κ2) is 7.13. The van der Waals surface area contributed by atoms with Crippen molar-refractivity contribution in [2.24, 2.45) is 23.7 Å². The maximum Gasteiger partial charge on any atom is 0.329 e. The van der Waals surface area contributed by atoms with Gasteiger partial charge >= 0.3 is 5.97 Å². The minimum Gasteiger partial charge on any atom is -0.454 e. The molecule has 1 saturated carbocycles. The van der Waals surface area contributed by atoms with E-state index in [1.165, 1.54) is 6.92 Å². The Kier molecular flexibility index (Phi) is 4.76. The Morgan fingerprint density at radius 1 is 1.07 bits per heavy atom. The van der Waals surface area contributed by atoms with Gasteiger partial charge < -0.3 is 10.1 Å². The van der Waals surface area contributed by atoms with E-state index in [0.29, 0.717) is 5.69 Å². The summed E-state index contributed by atoms with van der Waals surface area (Å²) in [6.07, 6.45) is 4.83. The molecule has 0 aromatic heterocycles. The topological polar surface area (TPSA) is 92.8 Å². The first-order valence-corrected chi connectivity index (χ1v) is 9.86. The van der Waals surface area contributed by atoms with Crippen molar-refractivity contribution >= 4 is 29.4 Å². The van der Waals surface area contributed by atoms with E-state index in [4.69, 9.17) is 4.74 Å². The average molecular weight is 396 g/mol. The molecule has 5 atom stereocenters. The van der Waals surface area contributed by atoms with Crippen LogP contribution < -0.4 is 5.32 Å². The molecule has 7 heteroatoms. The van der Waals surface area contributed by atoms with Gasteiger partial charge in [0.2, 0.25) is 11.8 Å². The zero-order valence-electron chi connectivity index (χ0n) is 16.7. The Morgan fingerprint density at radius 3 is 2.17 bits per heavy atom. The number of amides is 3. The van der Waals surface area contributed by atoms with Crippen molar-refractivity contribution in [2.45, 2.75) is 33.2 Å². The Hall–Kier alpha value is -2.96. The first-order chi connectivity index (χ1) is 13.8. The van der Waals surface area contributed by atoms with Crippen molar-refractivity contribution in [3.05, 3.63) is 41.5 Å². The van der Waals surface area contributed by atoms with Gasteiger partial charge in [0.15, 0.2) is 6.61 Å². The van der Waals surface area contributed by atoms with Gasteiger partial charge in [0.05, 0.1) is 11.8 Å². The number of carbonyl (C=O) groups excluding carboxylic acids is 4. The largest absolute Gasteiger partial charge is 0.454 e. The van der Waals surface area contributed by atoms with E-state index in [-0.39, 0.29) is 35.5 Å². The van der Waals surface area contributed by atoms with Crippen molar-refractivity contribution in [3.63, 3.8) is 0 Å². The first kappa shape index (κ1) is 19.4. The maximum absolute atomic E-state index is 12.8. The number of carbonyl (C=O) groups is 4. The van der Waals surface area contributed by atoms with Crippen molar-refractivity contribution in [1.29, 1.82) is 0 Å². The molecular formula is C22H24N2O5. The van der Waals surface area contributed by atoms with Crippen molar-refractivity contribution < 1.29 is 23.9 Å². The van der Waals surface area contributed by atoms with E-state index in [9.17, 15) is 19.2 Å². The number of ether oxygens (including phenoxy) is 1. The molecule has 3 amide bonds. The maximum atomic E-state index is 12.8. The molecule has 3 aliphatic rings. The lowest BCUT2D eigenvalue weighted by atomic mass is 9.85. The summed E-state index contributed by atoms with van der Waals surface area (Å²) in [5, 5.41) is 2.69. The second-order valence-electron chi connectivity index (χ2n) is 8.25. The summed E-state index contributed by atoms with van der Waals surface area (Å²) in [6.45, 7) is 4.83. The van der Waals surface area contributed by atoms with Crippen LogP contribution >= 0.6 is 0 Å². The summed E-state index contributed by atoms with van der Waals surface area (Å²) >= 11 is 0.